The van der Waals surface area contributed by atoms with E-state index in [0.717, 1.165) is 17.9 Å². The Morgan fingerprint density at radius 3 is 2.67 bits per heavy atom. The van der Waals surface area contributed by atoms with Crippen molar-refractivity contribution >= 4 is 17.7 Å². The SMILES string of the molecule is CCNC(C)c1cccc(SCC(=O)NC(C)(C)CC)c1. The molecule has 2 N–H and O–H groups in total. The van der Waals surface area contributed by atoms with E-state index in [1.54, 1.807) is 11.8 Å². The molecular weight excluding hydrogens is 280 g/mol. The van der Waals surface area contributed by atoms with Gasteiger partial charge in [-0.2, -0.15) is 0 Å². The van der Waals surface area contributed by atoms with Crippen molar-refractivity contribution in [3.63, 3.8) is 0 Å². The predicted octanol–water partition coefficient (Wildman–Crippen LogP) is 3.75. The first-order chi connectivity index (χ1) is 9.88. The van der Waals surface area contributed by atoms with Crippen molar-refractivity contribution in [2.75, 3.05) is 12.3 Å². The summed E-state index contributed by atoms with van der Waals surface area (Å²) in [6, 6.07) is 8.74. The Hall–Kier alpha value is -1.00. The molecule has 1 rings (SSSR count). The van der Waals surface area contributed by atoms with E-state index in [-0.39, 0.29) is 11.4 Å². The lowest BCUT2D eigenvalue weighted by molar-refractivity contribution is -0.120. The van der Waals surface area contributed by atoms with Crippen LogP contribution in [0.1, 0.15) is 52.6 Å². The summed E-state index contributed by atoms with van der Waals surface area (Å²) in [5, 5.41) is 6.47. The maximum atomic E-state index is 12.0. The summed E-state index contributed by atoms with van der Waals surface area (Å²) in [7, 11) is 0. The van der Waals surface area contributed by atoms with Crippen molar-refractivity contribution in [3.05, 3.63) is 29.8 Å². The summed E-state index contributed by atoms with van der Waals surface area (Å²) < 4.78 is 0. The van der Waals surface area contributed by atoms with Crippen LogP contribution in [-0.2, 0) is 4.79 Å². The predicted molar refractivity (Wildman–Crippen MR) is 91.8 cm³/mol. The van der Waals surface area contributed by atoms with Crippen LogP contribution in [0.25, 0.3) is 0 Å². The van der Waals surface area contributed by atoms with E-state index in [1.165, 1.54) is 5.56 Å². The number of hydrogen-bond donors (Lipinski definition) is 2. The van der Waals surface area contributed by atoms with Crippen LogP contribution in [0.4, 0.5) is 0 Å². The van der Waals surface area contributed by atoms with Gasteiger partial charge in [0.25, 0.3) is 0 Å². The molecule has 118 valence electrons. The maximum absolute atomic E-state index is 12.0. The van der Waals surface area contributed by atoms with Gasteiger partial charge in [-0.05, 0) is 51.4 Å². The van der Waals surface area contributed by atoms with Crippen LogP contribution in [0.5, 0.6) is 0 Å². The molecule has 0 saturated heterocycles. The summed E-state index contributed by atoms with van der Waals surface area (Å²) >= 11 is 1.59. The van der Waals surface area contributed by atoms with Gasteiger partial charge in [0.2, 0.25) is 5.91 Å². The molecule has 0 aliphatic heterocycles. The molecule has 4 heteroatoms. The van der Waals surface area contributed by atoms with E-state index in [9.17, 15) is 4.79 Å². The molecule has 0 aliphatic carbocycles. The van der Waals surface area contributed by atoms with Gasteiger partial charge in [0.1, 0.15) is 0 Å². The molecule has 0 radical (unpaired) electrons. The lowest BCUT2D eigenvalue weighted by Gasteiger charge is -2.24. The average Bonchev–Trinajstić information content (AvgIpc) is 2.45. The van der Waals surface area contributed by atoms with Gasteiger partial charge in [-0.15, -0.1) is 11.8 Å². The number of carbonyl (C=O) groups excluding carboxylic acids is 1. The van der Waals surface area contributed by atoms with Gasteiger partial charge < -0.3 is 10.6 Å². The molecule has 1 aromatic carbocycles. The molecule has 3 nitrogen and oxygen atoms in total. The van der Waals surface area contributed by atoms with Crippen LogP contribution < -0.4 is 10.6 Å². The third kappa shape index (κ3) is 6.53. The van der Waals surface area contributed by atoms with Crippen molar-refractivity contribution in [1.29, 1.82) is 0 Å². The third-order valence-electron chi connectivity index (χ3n) is 3.60. The number of benzene rings is 1. The number of hydrogen-bond acceptors (Lipinski definition) is 3. The van der Waals surface area contributed by atoms with Gasteiger partial charge >= 0.3 is 0 Å². The molecule has 1 unspecified atom stereocenters. The second-order valence-corrected chi connectivity index (χ2v) is 6.97. The molecule has 1 amide bonds. The minimum atomic E-state index is -0.126. The van der Waals surface area contributed by atoms with E-state index < -0.39 is 0 Å². The quantitative estimate of drug-likeness (QED) is 0.719. The van der Waals surface area contributed by atoms with Gasteiger partial charge in [-0.1, -0.05) is 26.0 Å². The highest BCUT2D eigenvalue weighted by Gasteiger charge is 2.17. The maximum Gasteiger partial charge on any atom is 0.230 e. The van der Waals surface area contributed by atoms with Gasteiger partial charge in [0, 0.05) is 16.5 Å². The Morgan fingerprint density at radius 2 is 2.05 bits per heavy atom. The van der Waals surface area contributed by atoms with Crippen molar-refractivity contribution in [2.45, 2.75) is 57.5 Å². The third-order valence-corrected chi connectivity index (χ3v) is 4.59. The van der Waals surface area contributed by atoms with Crippen molar-refractivity contribution in [3.8, 4) is 0 Å². The summed E-state index contributed by atoms with van der Waals surface area (Å²) in [6.45, 7) is 11.4. The first-order valence-corrected chi connectivity index (χ1v) is 8.63. The van der Waals surface area contributed by atoms with Gasteiger partial charge in [-0.3, -0.25) is 4.79 Å². The second kappa shape index (κ2) is 8.44. The first-order valence-electron chi connectivity index (χ1n) is 7.65. The molecule has 0 aromatic heterocycles. The number of amides is 1. The Morgan fingerprint density at radius 1 is 1.33 bits per heavy atom. The zero-order valence-electron chi connectivity index (χ0n) is 13.8. The molecule has 0 aliphatic rings. The lowest BCUT2D eigenvalue weighted by atomic mass is 10.0. The highest BCUT2D eigenvalue weighted by Crippen LogP contribution is 2.22. The van der Waals surface area contributed by atoms with Crippen LogP contribution in [0.15, 0.2) is 29.2 Å². The first kappa shape index (κ1) is 18.1. The Balaban J connectivity index is 2.56. The zero-order valence-corrected chi connectivity index (χ0v) is 14.6. The van der Waals surface area contributed by atoms with E-state index in [4.69, 9.17) is 0 Å². The van der Waals surface area contributed by atoms with Gasteiger partial charge in [0.05, 0.1) is 5.75 Å². The monoisotopic (exact) mass is 308 g/mol. The van der Waals surface area contributed by atoms with Crippen molar-refractivity contribution in [2.24, 2.45) is 0 Å². The van der Waals surface area contributed by atoms with Gasteiger partial charge in [0.15, 0.2) is 0 Å². The minimum Gasteiger partial charge on any atom is -0.351 e. The molecule has 0 bridgehead atoms. The molecule has 0 spiro atoms. The average molecular weight is 308 g/mol. The van der Waals surface area contributed by atoms with Crippen LogP contribution >= 0.6 is 11.8 Å². The Labute approximate surface area is 133 Å². The van der Waals surface area contributed by atoms with Gasteiger partial charge in [-0.25, -0.2) is 0 Å². The number of nitrogens with one attached hydrogen (secondary N) is 2. The normalized spacial score (nSPS) is 13.0. The summed E-state index contributed by atoms with van der Waals surface area (Å²) in [4.78, 5) is 13.1. The molecule has 0 saturated carbocycles. The summed E-state index contributed by atoms with van der Waals surface area (Å²) in [6.07, 6.45) is 0.930. The number of carbonyl (C=O) groups is 1. The van der Waals surface area contributed by atoms with Crippen LogP contribution in [0, 0.1) is 0 Å². The van der Waals surface area contributed by atoms with E-state index in [1.807, 2.05) is 13.8 Å². The molecular formula is C17H28N2OS. The Kier molecular flexibility index (Phi) is 7.26. The van der Waals surface area contributed by atoms with E-state index >= 15 is 0 Å². The second-order valence-electron chi connectivity index (χ2n) is 5.93. The zero-order chi connectivity index (χ0) is 15.9. The van der Waals surface area contributed by atoms with E-state index in [0.29, 0.717) is 11.8 Å². The van der Waals surface area contributed by atoms with Crippen LogP contribution in [0.3, 0.4) is 0 Å². The fourth-order valence-corrected chi connectivity index (χ4v) is 2.71. The molecule has 0 heterocycles. The number of rotatable bonds is 8. The smallest absolute Gasteiger partial charge is 0.230 e. The Bertz CT molecular complexity index is 460. The molecule has 1 aromatic rings. The van der Waals surface area contributed by atoms with Crippen molar-refractivity contribution in [1.82, 2.24) is 10.6 Å². The lowest BCUT2D eigenvalue weighted by Crippen LogP contribution is -2.43. The van der Waals surface area contributed by atoms with Crippen molar-refractivity contribution < 1.29 is 4.79 Å². The molecule has 21 heavy (non-hydrogen) atoms. The minimum absolute atomic E-state index is 0.0944. The topological polar surface area (TPSA) is 41.1 Å². The molecule has 1 atom stereocenters. The van der Waals surface area contributed by atoms with E-state index in [2.05, 4.69) is 55.7 Å². The summed E-state index contributed by atoms with van der Waals surface area (Å²) in [5.74, 6) is 0.555. The highest BCUT2D eigenvalue weighted by molar-refractivity contribution is 8.00. The van der Waals surface area contributed by atoms with Crippen LogP contribution in [-0.4, -0.2) is 23.7 Å². The highest BCUT2D eigenvalue weighted by atomic mass is 32.2. The summed E-state index contributed by atoms with van der Waals surface area (Å²) in [5.41, 5.74) is 1.13. The fourth-order valence-electron chi connectivity index (χ4n) is 1.95. The number of thioether (sulfide) groups is 1. The standard InChI is InChI=1S/C17H28N2OS/c1-6-17(4,5)19-16(20)12-21-15-10-8-9-14(11-15)13(3)18-7-2/h8-11,13,18H,6-7,12H2,1-5H3,(H,19,20). The fraction of sp³-hybridized carbons (Fsp3) is 0.588. The van der Waals surface area contributed by atoms with Crippen LogP contribution in [0.2, 0.25) is 0 Å². The largest absolute Gasteiger partial charge is 0.351 e. The molecule has 0 fully saturated rings.